The molecule has 1 saturated carbocycles. The normalized spacial score (nSPS) is 25.6. The van der Waals surface area contributed by atoms with Crippen LogP contribution in [0.4, 0.5) is 0 Å². The van der Waals surface area contributed by atoms with Gasteiger partial charge in [0.05, 0.1) is 5.56 Å². The number of carbonyl (C=O) groups is 3. The van der Waals surface area contributed by atoms with Crippen LogP contribution in [0, 0.1) is 17.8 Å². The summed E-state index contributed by atoms with van der Waals surface area (Å²) in [6, 6.07) is 3.20. The molecule has 1 aromatic heterocycles. The first-order valence-corrected chi connectivity index (χ1v) is 8.86. The van der Waals surface area contributed by atoms with E-state index in [9.17, 15) is 14.4 Å². The van der Waals surface area contributed by atoms with Gasteiger partial charge in [0.1, 0.15) is 0 Å². The number of nitrogens with zero attached hydrogens (tertiary/aromatic N) is 2. The number of pyridine rings is 1. The maximum Gasteiger partial charge on any atom is 0.327 e. The zero-order chi connectivity index (χ0) is 17.8. The minimum Gasteiger partial charge on any atom is -0.334 e. The summed E-state index contributed by atoms with van der Waals surface area (Å²) in [6.07, 6.45) is 7.46. The number of aromatic nitrogens is 1. The van der Waals surface area contributed by atoms with Gasteiger partial charge in [-0.3, -0.25) is 30.2 Å². The number of likely N-dealkylation sites (tertiary alicyclic amines) is 1. The zero-order valence-corrected chi connectivity index (χ0v) is 14.4. The van der Waals surface area contributed by atoms with E-state index >= 15 is 0 Å². The highest BCUT2D eigenvalue weighted by molar-refractivity contribution is 6.35. The molecule has 3 amide bonds. The van der Waals surface area contributed by atoms with Crippen LogP contribution in [-0.4, -0.2) is 40.7 Å². The fourth-order valence-corrected chi connectivity index (χ4v) is 4.09. The molecular weight excluding hydrogens is 320 g/mol. The van der Waals surface area contributed by atoms with Gasteiger partial charge in [-0.1, -0.05) is 19.8 Å². The SMILES string of the molecule is CC1CCCC2CN(C(=O)C(=O)NNC(=O)c3cccnc3)CCC12. The molecular formula is C18H24N4O3. The smallest absolute Gasteiger partial charge is 0.327 e. The number of nitrogens with one attached hydrogen (secondary N) is 2. The monoisotopic (exact) mass is 344 g/mol. The standard InChI is InChI=1S/C18H24N4O3/c1-12-4-2-5-14-11-22(9-7-15(12)14)18(25)17(24)21-20-16(23)13-6-3-8-19-10-13/h3,6,8,10,12,14-15H,2,4-5,7,9,11H2,1H3,(H,20,23)(H,21,24). The molecule has 134 valence electrons. The van der Waals surface area contributed by atoms with Crippen LogP contribution >= 0.6 is 0 Å². The van der Waals surface area contributed by atoms with E-state index in [2.05, 4.69) is 22.8 Å². The molecule has 0 spiro atoms. The van der Waals surface area contributed by atoms with Gasteiger partial charge >= 0.3 is 11.8 Å². The van der Waals surface area contributed by atoms with Gasteiger partial charge in [-0.15, -0.1) is 0 Å². The zero-order valence-electron chi connectivity index (χ0n) is 14.4. The van der Waals surface area contributed by atoms with Crippen LogP contribution in [-0.2, 0) is 9.59 Å². The fraction of sp³-hybridized carbons (Fsp3) is 0.556. The van der Waals surface area contributed by atoms with Gasteiger partial charge in [-0.25, -0.2) is 0 Å². The summed E-state index contributed by atoms with van der Waals surface area (Å²) in [6.45, 7) is 3.53. The number of rotatable bonds is 1. The van der Waals surface area contributed by atoms with E-state index in [0.717, 1.165) is 12.8 Å². The van der Waals surface area contributed by atoms with E-state index < -0.39 is 17.7 Å². The van der Waals surface area contributed by atoms with Crippen molar-refractivity contribution in [2.75, 3.05) is 13.1 Å². The lowest BCUT2D eigenvalue weighted by molar-refractivity contribution is -0.148. The van der Waals surface area contributed by atoms with Crippen molar-refractivity contribution in [2.45, 2.75) is 32.6 Å². The molecule has 3 rings (SSSR count). The van der Waals surface area contributed by atoms with Gasteiger partial charge in [-0.05, 0) is 42.7 Å². The minimum atomic E-state index is -0.806. The highest BCUT2D eigenvalue weighted by atomic mass is 16.2. The molecule has 2 N–H and O–H groups in total. The molecule has 0 bridgehead atoms. The Morgan fingerprint density at radius 3 is 2.80 bits per heavy atom. The maximum atomic E-state index is 12.4. The first-order chi connectivity index (χ1) is 12.1. The van der Waals surface area contributed by atoms with Gasteiger partial charge in [-0.2, -0.15) is 0 Å². The van der Waals surface area contributed by atoms with E-state index in [4.69, 9.17) is 0 Å². The lowest BCUT2D eigenvalue weighted by atomic mass is 9.69. The van der Waals surface area contributed by atoms with Crippen LogP contribution in [0.25, 0.3) is 0 Å². The van der Waals surface area contributed by atoms with Crippen LogP contribution in [0.15, 0.2) is 24.5 Å². The molecule has 1 aliphatic heterocycles. The molecule has 1 saturated heterocycles. The van der Waals surface area contributed by atoms with Crippen molar-refractivity contribution in [3.63, 3.8) is 0 Å². The molecule has 0 aromatic carbocycles. The van der Waals surface area contributed by atoms with Crippen molar-refractivity contribution < 1.29 is 14.4 Å². The Hall–Kier alpha value is -2.44. The van der Waals surface area contributed by atoms with E-state index in [-0.39, 0.29) is 0 Å². The molecule has 7 heteroatoms. The van der Waals surface area contributed by atoms with Crippen LogP contribution in [0.1, 0.15) is 43.0 Å². The molecule has 1 aromatic rings. The Labute approximate surface area is 147 Å². The quantitative estimate of drug-likeness (QED) is 0.590. The van der Waals surface area contributed by atoms with Crippen LogP contribution < -0.4 is 10.9 Å². The topological polar surface area (TPSA) is 91.4 Å². The van der Waals surface area contributed by atoms with Gasteiger partial charge in [0.25, 0.3) is 5.91 Å². The van der Waals surface area contributed by atoms with Crippen LogP contribution in [0.2, 0.25) is 0 Å². The number of hydrogen-bond acceptors (Lipinski definition) is 4. The average molecular weight is 344 g/mol. The van der Waals surface area contributed by atoms with E-state index in [0.29, 0.717) is 36.4 Å². The Kier molecular flexibility index (Phi) is 5.31. The summed E-state index contributed by atoms with van der Waals surface area (Å²) in [5, 5.41) is 0. The van der Waals surface area contributed by atoms with E-state index in [1.54, 1.807) is 23.2 Å². The van der Waals surface area contributed by atoms with Crippen LogP contribution in [0.3, 0.4) is 0 Å². The van der Waals surface area contributed by atoms with E-state index in [1.165, 1.54) is 19.0 Å². The van der Waals surface area contributed by atoms with Gasteiger partial charge in [0.2, 0.25) is 0 Å². The number of carbonyl (C=O) groups excluding carboxylic acids is 3. The molecule has 0 radical (unpaired) electrons. The predicted molar refractivity (Wildman–Crippen MR) is 91.0 cm³/mol. The lowest BCUT2D eigenvalue weighted by Gasteiger charge is -2.44. The summed E-state index contributed by atoms with van der Waals surface area (Å²) >= 11 is 0. The van der Waals surface area contributed by atoms with Crippen molar-refractivity contribution in [3.8, 4) is 0 Å². The number of amides is 3. The molecule has 1 aliphatic carbocycles. The molecule has 3 unspecified atom stereocenters. The van der Waals surface area contributed by atoms with E-state index in [1.807, 2.05) is 0 Å². The third-order valence-corrected chi connectivity index (χ3v) is 5.45. The van der Waals surface area contributed by atoms with Gasteiger partial charge < -0.3 is 4.90 Å². The number of fused-ring (bicyclic) bond motifs is 1. The molecule has 7 nitrogen and oxygen atoms in total. The maximum absolute atomic E-state index is 12.4. The fourth-order valence-electron chi connectivity index (χ4n) is 4.09. The molecule has 3 atom stereocenters. The van der Waals surface area contributed by atoms with Gasteiger partial charge in [0, 0.05) is 25.5 Å². The van der Waals surface area contributed by atoms with Crippen molar-refractivity contribution in [1.29, 1.82) is 0 Å². The largest absolute Gasteiger partial charge is 0.334 e. The van der Waals surface area contributed by atoms with Gasteiger partial charge in [0.15, 0.2) is 0 Å². The summed E-state index contributed by atoms with van der Waals surface area (Å²) < 4.78 is 0. The highest BCUT2D eigenvalue weighted by Gasteiger charge is 2.37. The van der Waals surface area contributed by atoms with Crippen molar-refractivity contribution in [1.82, 2.24) is 20.7 Å². The first kappa shape index (κ1) is 17.4. The molecule has 2 heterocycles. The third-order valence-electron chi connectivity index (χ3n) is 5.45. The average Bonchev–Trinajstić information content (AvgIpc) is 2.65. The summed E-state index contributed by atoms with van der Waals surface area (Å²) in [5.41, 5.74) is 4.77. The Balaban J connectivity index is 1.51. The number of hydrazine groups is 1. The lowest BCUT2D eigenvalue weighted by Crippen LogP contribution is -2.53. The summed E-state index contributed by atoms with van der Waals surface area (Å²) in [5.74, 6) is -0.0502. The second-order valence-corrected chi connectivity index (χ2v) is 7.02. The Bertz CT molecular complexity index is 649. The highest BCUT2D eigenvalue weighted by Crippen LogP contribution is 2.39. The number of hydrogen-bond donors (Lipinski definition) is 2. The van der Waals surface area contributed by atoms with Crippen LogP contribution in [0.5, 0.6) is 0 Å². The second-order valence-electron chi connectivity index (χ2n) is 7.02. The van der Waals surface area contributed by atoms with Crippen molar-refractivity contribution in [3.05, 3.63) is 30.1 Å². The van der Waals surface area contributed by atoms with Crippen molar-refractivity contribution >= 4 is 17.7 Å². The molecule has 2 aliphatic rings. The Morgan fingerprint density at radius 1 is 1.20 bits per heavy atom. The second kappa shape index (κ2) is 7.63. The summed E-state index contributed by atoms with van der Waals surface area (Å²) in [4.78, 5) is 41.8. The molecule has 25 heavy (non-hydrogen) atoms. The first-order valence-electron chi connectivity index (χ1n) is 8.86. The number of piperidine rings is 1. The third kappa shape index (κ3) is 3.97. The summed E-state index contributed by atoms with van der Waals surface area (Å²) in [7, 11) is 0. The molecule has 2 fully saturated rings. The van der Waals surface area contributed by atoms with Crippen molar-refractivity contribution in [2.24, 2.45) is 17.8 Å². The Morgan fingerprint density at radius 2 is 2.04 bits per heavy atom. The minimum absolute atomic E-state index is 0.312. The predicted octanol–water partition coefficient (Wildman–Crippen LogP) is 1.13.